The van der Waals surface area contributed by atoms with E-state index in [0.29, 0.717) is 4.88 Å². The molecular weight excluding hydrogens is 330 g/mol. The number of carbonyl (C=O) groups excluding carboxylic acids is 2. The van der Waals surface area contributed by atoms with Gasteiger partial charge in [-0.25, -0.2) is 0 Å². The maximum atomic E-state index is 11.9. The number of pyridine rings is 1. The van der Waals surface area contributed by atoms with Crippen molar-refractivity contribution in [3.63, 3.8) is 0 Å². The molecule has 0 atom stereocenters. The molecule has 0 aliphatic rings. The number of fused-ring (bicyclic) bond motifs is 1. The Kier molecular flexibility index (Phi) is 4.89. The second-order valence-electron chi connectivity index (χ2n) is 4.60. The molecule has 3 aromatic rings. The Hall–Kier alpha value is -2.38. The molecule has 0 radical (unpaired) electrons. The van der Waals surface area contributed by atoms with Crippen LogP contribution >= 0.6 is 23.1 Å². The second-order valence-corrected chi connectivity index (χ2v) is 6.56. The predicted octanol–water partition coefficient (Wildman–Crippen LogP) is 2.85. The summed E-state index contributed by atoms with van der Waals surface area (Å²) in [5.41, 5.74) is 5.69. The van der Waals surface area contributed by atoms with Crippen LogP contribution in [0.25, 0.3) is 10.9 Å². The van der Waals surface area contributed by atoms with Gasteiger partial charge in [-0.05, 0) is 23.6 Å². The third kappa shape index (κ3) is 3.88. The minimum absolute atomic E-state index is 0.195. The molecular formula is C16H13N3O2S2. The van der Waals surface area contributed by atoms with Crippen molar-refractivity contribution < 1.29 is 9.59 Å². The quantitative estimate of drug-likeness (QED) is 0.564. The van der Waals surface area contributed by atoms with Crippen molar-refractivity contribution in [1.82, 2.24) is 15.8 Å². The fourth-order valence-corrected chi connectivity index (χ4v) is 3.43. The summed E-state index contributed by atoms with van der Waals surface area (Å²) in [5.74, 6) is -0.390. The smallest absolute Gasteiger partial charge is 0.272 e. The first-order valence-corrected chi connectivity index (χ1v) is 8.70. The van der Waals surface area contributed by atoms with Crippen molar-refractivity contribution in [2.75, 3.05) is 5.75 Å². The van der Waals surface area contributed by atoms with E-state index in [4.69, 9.17) is 0 Å². The fourth-order valence-electron chi connectivity index (χ4n) is 1.97. The van der Waals surface area contributed by atoms with Gasteiger partial charge in [0.15, 0.2) is 0 Å². The van der Waals surface area contributed by atoms with Gasteiger partial charge in [0.05, 0.1) is 16.1 Å². The summed E-state index contributed by atoms with van der Waals surface area (Å²) in [6.07, 6.45) is 1.73. The van der Waals surface area contributed by atoms with Crippen molar-refractivity contribution in [3.8, 4) is 0 Å². The molecule has 0 spiro atoms. The van der Waals surface area contributed by atoms with Crippen LogP contribution in [0.15, 0.2) is 58.9 Å². The van der Waals surface area contributed by atoms with E-state index in [1.54, 1.807) is 23.7 Å². The molecule has 116 valence electrons. The number of thiophene rings is 1. The lowest BCUT2D eigenvalue weighted by Gasteiger charge is -2.07. The van der Waals surface area contributed by atoms with E-state index in [2.05, 4.69) is 15.8 Å². The van der Waals surface area contributed by atoms with E-state index in [1.165, 1.54) is 23.1 Å². The SMILES string of the molecule is O=C(CSc1cccc2cccnc12)NNC(=O)c1cccs1. The fraction of sp³-hybridized carbons (Fsp3) is 0.0625. The molecule has 3 rings (SSSR count). The number of nitrogens with one attached hydrogen (secondary N) is 2. The molecule has 2 N–H and O–H groups in total. The van der Waals surface area contributed by atoms with Gasteiger partial charge >= 0.3 is 0 Å². The Balaban J connectivity index is 1.55. The molecule has 1 aromatic carbocycles. The lowest BCUT2D eigenvalue weighted by atomic mass is 10.2. The van der Waals surface area contributed by atoms with Crippen molar-refractivity contribution >= 4 is 45.8 Å². The van der Waals surface area contributed by atoms with Gasteiger partial charge in [0.2, 0.25) is 5.91 Å². The lowest BCUT2D eigenvalue weighted by molar-refractivity contribution is -0.119. The highest BCUT2D eigenvalue weighted by Gasteiger charge is 2.09. The van der Waals surface area contributed by atoms with Crippen LogP contribution in [-0.4, -0.2) is 22.6 Å². The molecule has 2 heterocycles. The molecule has 0 saturated carbocycles. The number of hydrogen-bond acceptors (Lipinski definition) is 5. The van der Waals surface area contributed by atoms with Crippen molar-refractivity contribution in [3.05, 3.63) is 58.9 Å². The predicted molar refractivity (Wildman–Crippen MR) is 92.4 cm³/mol. The zero-order valence-electron chi connectivity index (χ0n) is 12.0. The van der Waals surface area contributed by atoms with Crippen molar-refractivity contribution in [1.29, 1.82) is 0 Å². The number of hydrazine groups is 1. The highest BCUT2D eigenvalue weighted by molar-refractivity contribution is 8.00. The highest BCUT2D eigenvalue weighted by atomic mass is 32.2. The van der Waals surface area contributed by atoms with Gasteiger partial charge in [-0.15, -0.1) is 23.1 Å². The average molecular weight is 343 g/mol. The van der Waals surface area contributed by atoms with E-state index in [1.807, 2.05) is 30.3 Å². The first kappa shape index (κ1) is 15.5. The molecule has 2 aromatic heterocycles. The summed E-state index contributed by atoms with van der Waals surface area (Å²) in [6.45, 7) is 0. The molecule has 0 unspecified atom stereocenters. The van der Waals surface area contributed by atoms with Crippen molar-refractivity contribution in [2.24, 2.45) is 0 Å². The zero-order chi connectivity index (χ0) is 16.1. The van der Waals surface area contributed by atoms with Gasteiger partial charge in [-0.1, -0.05) is 24.3 Å². The molecule has 7 heteroatoms. The van der Waals surface area contributed by atoms with Gasteiger partial charge in [-0.3, -0.25) is 25.4 Å². The molecule has 23 heavy (non-hydrogen) atoms. The minimum atomic E-state index is -0.315. The van der Waals surface area contributed by atoms with Gasteiger partial charge in [-0.2, -0.15) is 0 Å². The number of thioether (sulfide) groups is 1. The monoisotopic (exact) mass is 343 g/mol. The van der Waals surface area contributed by atoms with Crippen LogP contribution in [0, 0.1) is 0 Å². The van der Waals surface area contributed by atoms with E-state index in [9.17, 15) is 9.59 Å². The summed E-state index contributed by atoms with van der Waals surface area (Å²) in [5, 5.41) is 2.84. The van der Waals surface area contributed by atoms with Crippen LogP contribution in [0.1, 0.15) is 9.67 Å². The van der Waals surface area contributed by atoms with Crippen LogP contribution in [0.3, 0.4) is 0 Å². The number of rotatable bonds is 4. The first-order chi connectivity index (χ1) is 11.2. The zero-order valence-corrected chi connectivity index (χ0v) is 13.6. The van der Waals surface area contributed by atoms with Crippen LogP contribution in [0.2, 0.25) is 0 Å². The maximum Gasteiger partial charge on any atom is 0.279 e. The van der Waals surface area contributed by atoms with E-state index >= 15 is 0 Å². The lowest BCUT2D eigenvalue weighted by Crippen LogP contribution is -2.42. The molecule has 5 nitrogen and oxygen atoms in total. The Morgan fingerprint density at radius 3 is 2.78 bits per heavy atom. The summed E-state index contributed by atoms with van der Waals surface area (Å²) in [4.78, 5) is 29.4. The summed E-state index contributed by atoms with van der Waals surface area (Å²) in [6, 6.07) is 13.2. The molecule has 0 fully saturated rings. The Bertz CT molecular complexity index is 829. The Morgan fingerprint density at radius 1 is 1.09 bits per heavy atom. The van der Waals surface area contributed by atoms with Crippen molar-refractivity contribution in [2.45, 2.75) is 4.90 Å². The van der Waals surface area contributed by atoms with E-state index in [-0.39, 0.29) is 17.6 Å². The highest BCUT2D eigenvalue weighted by Crippen LogP contribution is 2.25. The minimum Gasteiger partial charge on any atom is -0.272 e. The van der Waals surface area contributed by atoms with E-state index < -0.39 is 0 Å². The summed E-state index contributed by atoms with van der Waals surface area (Å²) >= 11 is 2.70. The van der Waals surface area contributed by atoms with Crippen LogP contribution in [0.5, 0.6) is 0 Å². The summed E-state index contributed by atoms with van der Waals surface area (Å²) < 4.78 is 0. The number of hydrogen-bond donors (Lipinski definition) is 2. The molecule has 0 bridgehead atoms. The van der Waals surface area contributed by atoms with Crippen LogP contribution in [-0.2, 0) is 4.79 Å². The normalized spacial score (nSPS) is 10.4. The number of aromatic nitrogens is 1. The molecule has 0 saturated heterocycles. The number of benzene rings is 1. The molecule has 0 aliphatic heterocycles. The topological polar surface area (TPSA) is 71.1 Å². The number of para-hydroxylation sites is 1. The largest absolute Gasteiger partial charge is 0.279 e. The van der Waals surface area contributed by atoms with Gasteiger partial charge < -0.3 is 0 Å². The second kappa shape index (κ2) is 7.26. The maximum absolute atomic E-state index is 11.9. The average Bonchev–Trinajstić information content (AvgIpc) is 3.12. The number of amides is 2. The number of carbonyl (C=O) groups is 2. The Labute approximate surface area is 141 Å². The third-order valence-electron chi connectivity index (χ3n) is 3.01. The summed E-state index contributed by atoms with van der Waals surface area (Å²) in [7, 11) is 0. The Morgan fingerprint density at radius 2 is 1.96 bits per heavy atom. The van der Waals surface area contributed by atoms with Crippen LogP contribution < -0.4 is 10.9 Å². The first-order valence-electron chi connectivity index (χ1n) is 6.83. The van der Waals surface area contributed by atoms with E-state index in [0.717, 1.165) is 15.8 Å². The van der Waals surface area contributed by atoms with Gasteiger partial charge in [0, 0.05) is 16.5 Å². The molecule has 2 amide bonds. The van der Waals surface area contributed by atoms with Gasteiger partial charge in [0.1, 0.15) is 0 Å². The van der Waals surface area contributed by atoms with Gasteiger partial charge in [0.25, 0.3) is 5.91 Å². The van der Waals surface area contributed by atoms with Crippen LogP contribution in [0.4, 0.5) is 0 Å². The third-order valence-corrected chi connectivity index (χ3v) is 4.93. The molecule has 0 aliphatic carbocycles. The standard InChI is InChI=1S/C16H13N3O2S2/c20-14(18-19-16(21)13-7-3-9-22-13)10-23-12-6-1-4-11-5-2-8-17-15(11)12/h1-9H,10H2,(H,18,20)(H,19,21). The number of nitrogens with zero attached hydrogens (tertiary/aromatic N) is 1.